The number of ether oxygens (including phenoxy) is 2. The first-order chi connectivity index (χ1) is 14.6. The minimum Gasteiger partial charge on any atom is -0.491 e. The molecule has 6 nitrogen and oxygen atoms in total. The van der Waals surface area contributed by atoms with Crippen LogP contribution in [-0.4, -0.2) is 47.0 Å². The van der Waals surface area contributed by atoms with Crippen molar-refractivity contribution in [1.82, 2.24) is 15.1 Å². The largest absolute Gasteiger partial charge is 0.491 e. The number of carbonyl (C=O) groups excluding carboxylic acids is 1. The number of thioether (sulfide) groups is 1. The Morgan fingerprint density at radius 1 is 1.33 bits per heavy atom. The van der Waals surface area contributed by atoms with Gasteiger partial charge in [-0.1, -0.05) is 48.4 Å². The van der Waals surface area contributed by atoms with E-state index >= 15 is 0 Å². The summed E-state index contributed by atoms with van der Waals surface area (Å²) in [6, 6.07) is 6.37. The van der Waals surface area contributed by atoms with Gasteiger partial charge in [-0.15, -0.1) is 10.2 Å². The molecule has 8 heteroatoms. The van der Waals surface area contributed by atoms with E-state index < -0.39 is 0 Å². The summed E-state index contributed by atoms with van der Waals surface area (Å²) in [7, 11) is 1.81. The van der Waals surface area contributed by atoms with Gasteiger partial charge in [0.1, 0.15) is 17.4 Å². The van der Waals surface area contributed by atoms with E-state index in [1.54, 1.807) is 0 Å². The van der Waals surface area contributed by atoms with Crippen LogP contribution in [0.5, 0.6) is 5.75 Å². The van der Waals surface area contributed by atoms with Crippen molar-refractivity contribution in [1.29, 1.82) is 0 Å². The lowest BCUT2D eigenvalue weighted by Gasteiger charge is -2.30. The van der Waals surface area contributed by atoms with Crippen LogP contribution in [-0.2, 0) is 16.1 Å². The van der Waals surface area contributed by atoms with E-state index in [0.29, 0.717) is 31.4 Å². The Hall–Kier alpha value is -1.64. The summed E-state index contributed by atoms with van der Waals surface area (Å²) in [5.41, 5.74) is 2.26. The highest BCUT2D eigenvalue weighted by Crippen LogP contribution is 2.38. The number of aryl methyl sites for hydroxylation is 1. The minimum atomic E-state index is 0.102. The zero-order chi connectivity index (χ0) is 20.9. The number of nitrogens with zero attached hydrogens (tertiary/aromatic N) is 3. The highest BCUT2D eigenvalue weighted by molar-refractivity contribution is 8.01. The molecule has 30 heavy (non-hydrogen) atoms. The van der Waals surface area contributed by atoms with E-state index in [9.17, 15) is 4.79 Å². The lowest BCUT2D eigenvalue weighted by molar-refractivity contribution is -0.129. The van der Waals surface area contributed by atoms with E-state index in [0.717, 1.165) is 20.7 Å². The number of carbonyl (C=O) groups is 1. The topological polar surface area (TPSA) is 64.5 Å². The van der Waals surface area contributed by atoms with E-state index in [-0.39, 0.29) is 12.0 Å². The van der Waals surface area contributed by atoms with Crippen molar-refractivity contribution >= 4 is 29.0 Å². The minimum absolute atomic E-state index is 0.102. The van der Waals surface area contributed by atoms with Crippen molar-refractivity contribution in [2.45, 2.75) is 56.0 Å². The van der Waals surface area contributed by atoms with Crippen LogP contribution in [0.2, 0.25) is 0 Å². The van der Waals surface area contributed by atoms with Gasteiger partial charge in [0.25, 0.3) is 0 Å². The van der Waals surface area contributed by atoms with Gasteiger partial charge in [0.2, 0.25) is 5.91 Å². The predicted molar refractivity (Wildman–Crippen MR) is 119 cm³/mol. The van der Waals surface area contributed by atoms with Crippen LogP contribution < -0.4 is 4.74 Å². The fourth-order valence-electron chi connectivity index (χ4n) is 4.39. The van der Waals surface area contributed by atoms with Crippen molar-refractivity contribution in [2.24, 2.45) is 5.92 Å². The molecule has 4 rings (SSSR count). The summed E-state index contributed by atoms with van der Waals surface area (Å²) >= 11 is 2.98. The first-order valence-electron chi connectivity index (χ1n) is 10.6. The lowest BCUT2D eigenvalue weighted by atomic mass is 9.82. The van der Waals surface area contributed by atoms with Crippen LogP contribution in [0.15, 0.2) is 22.5 Å². The second kappa shape index (κ2) is 10.1. The molecule has 1 aliphatic heterocycles. The lowest BCUT2D eigenvalue weighted by Crippen LogP contribution is -2.33. The van der Waals surface area contributed by atoms with Gasteiger partial charge in [0.05, 0.1) is 18.4 Å². The van der Waals surface area contributed by atoms with E-state index in [1.165, 1.54) is 60.8 Å². The normalized spacial score (nSPS) is 18.4. The highest BCUT2D eigenvalue weighted by Gasteiger charge is 2.27. The summed E-state index contributed by atoms with van der Waals surface area (Å²) in [6.45, 7) is 3.59. The standard InChI is InChI=1S/C22H29N3O3S2/c1-15-23-24-22(30-15)29-14-20(26)25-10-11-28-19-9-8-17(12-18(19)13-25)21(27-2)16-6-4-3-5-7-16/h8-9,12,16,21H,3-7,10-11,13-14H2,1-2H3. The van der Waals surface area contributed by atoms with Crippen molar-refractivity contribution in [2.75, 3.05) is 26.0 Å². The molecule has 1 saturated carbocycles. The van der Waals surface area contributed by atoms with Crippen LogP contribution >= 0.6 is 23.1 Å². The fourth-order valence-corrected chi connectivity index (χ4v) is 6.11. The van der Waals surface area contributed by atoms with Crippen LogP contribution in [0.3, 0.4) is 0 Å². The maximum Gasteiger partial charge on any atom is 0.233 e. The summed E-state index contributed by atoms with van der Waals surface area (Å²) in [5, 5.41) is 9.03. The van der Waals surface area contributed by atoms with Crippen LogP contribution in [0, 0.1) is 12.8 Å². The van der Waals surface area contributed by atoms with Crippen molar-refractivity contribution in [3.63, 3.8) is 0 Å². The van der Waals surface area contributed by atoms with Gasteiger partial charge in [-0.05, 0) is 43.4 Å². The predicted octanol–water partition coefficient (Wildman–Crippen LogP) is 4.63. The Bertz CT molecular complexity index is 867. The molecule has 0 bridgehead atoms. The number of rotatable bonds is 6. The summed E-state index contributed by atoms with van der Waals surface area (Å²) in [5.74, 6) is 1.91. The van der Waals surface area contributed by atoms with Gasteiger partial charge in [0.15, 0.2) is 4.34 Å². The highest BCUT2D eigenvalue weighted by atomic mass is 32.2. The zero-order valence-corrected chi connectivity index (χ0v) is 19.3. The second-order valence-electron chi connectivity index (χ2n) is 7.96. The molecule has 0 saturated heterocycles. The Kier molecular flexibility index (Phi) is 7.28. The molecule has 1 amide bonds. The first kappa shape index (κ1) is 21.6. The molecule has 2 aliphatic rings. The van der Waals surface area contributed by atoms with Crippen molar-refractivity contribution in [3.05, 3.63) is 34.3 Å². The smallest absolute Gasteiger partial charge is 0.233 e. The number of methoxy groups -OCH3 is 1. The molecule has 0 N–H and O–H groups in total. The number of hydrogen-bond acceptors (Lipinski definition) is 7. The first-order valence-corrected chi connectivity index (χ1v) is 12.4. The summed E-state index contributed by atoms with van der Waals surface area (Å²) < 4.78 is 12.7. The third-order valence-electron chi connectivity index (χ3n) is 5.90. The molecule has 1 atom stereocenters. The van der Waals surface area contributed by atoms with Crippen LogP contribution in [0.25, 0.3) is 0 Å². The molecule has 1 aromatic heterocycles. The molecule has 1 aliphatic carbocycles. The number of hydrogen-bond donors (Lipinski definition) is 0. The van der Waals surface area contributed by atoms with Crippen LogP contribution in [0.4, 0.5) is 0 Å². The maximum atomic E-state index is 12.8. The molecular weight excluding hydrogens is 418 g/mol. The number of aromatic nitrogens is 2. The summed E-state index contributed by atoms with van der Waals surface area (Å²) in [6.07, 6.45) is 6.45. The van der Waals surface area contributed by atoms with Gasteiger partial charge in [-0.2, -0.15) is 0 Å². The Morgan fingerprint density at radius 2 is 2.17 bits per heavy atom. The second-order valence-corrected chi connectivity index (χ2v) is 10.4. The average Bonchev–Trinajstić information content (AvgIpc) is 3.06. The number of amides is 1. The van der Waals surface area contributed by atoms with Crippen molar-refractivity contribution < 1.29 is 14.3 Å². The Balaban J connectivity index is 1.45. The van der Waals surface area contributed by atoms with Gasteiger partial charge in [-0.3, -0.25) is 4.79 Å². The molecule has 0 radical (unpaired) electrons. The third-order valence-corrected chi connectivity index (χ3v) is 7.86. The van der Waals surface area contributed by atoms with Crippen molar-refractivity contribution in [3.8, 4) is 5.75 Å². The van der Waals surface area contributed by atoms with E-state index in [2.05, 4.69) is 22.3 Å². The fraction of sp³-hybridized carbons (Fsp3) is 0.591. The molecule has 0 spiro atoms. The molecule has 1 aromatic carbocycles. The molecule has 1 unspecified atom stereocenters. The summed E-state index contributed by atoms with van der Waals surface area (Å²) in [4.78, 5) is 14.7. The number of fused-ring (bicyclic) bond motifs is 1. The Morgan fingerprint density at radius 3 is 2.90 bits per heavy atom. The Labute approximate surface area is 186 Å². The van der Waals surface area contributed by atoms with Gasteiger partial charge < -0.3 is 14.4 Å². The molecule has 2 aromatic rings. The maximum absolute atomic E-state index is 12.8. The number of benzene rings is 1. The average molecular weight is 448 g/mol. The quantitative estimate of drug-likeness (QED) is 0.602. The molecule has 1 fully saturated rings. The molecular formula is C22H29N3O3S2. The monoisotopic (exact) mass is 447 g/mol. The van der Waals surface area contributed by atoms with Gasteiger partial charge in [0, 0.05) is 19.2 Å². The zero-order valence-electron chi connectivity index (χ0n) is 17.6. The van der Waals surface area contributed by atoms with E-state index in [4.69, 9.17) is 9.47 Å². The van der Waals surface area contributed by atoms with E-state index in [1.807, 2.05) is 25.0 Å². The van der Waals surface area contributed by atoms with Gasteiger partial charge >= 0.3 is 0 Å². The SMILES string of the molecule is COC(c1ccc2c(c1)CN(C(=O)CSc1nnc(C)s1)CCO2)C1CCCCC1. The van der Waals surface area contributed by atoms with Crippen LogP contribution in [0.1, 0.15) is 54.3 Å². The van der Waals surface area contributed by atoms with Gasteiger partial charge in [-0.25, -0.2) is 0 Å². The molecule has 2 heterocycles. The third kappa shape index (κ3) is 5.15. The molecule has 162 valence electrons.